The van der Waals surface area contributed by atoms with Crippen LogP contribution in [-0.2, 0) is 23.1 Å². The molecule has 2 aliphatic carbocycles. The summed E-state index contributed by atoms with van der Waals surface area (Å²) in [6.45, 7) is 0. The molecule has 0 unspecified atom stereocenters. The summed E-state index contributed by atoms with van der Waals surface area (Å²) in [6, 6.07) is 12.1. The first-order chi connectivity index (χ1) is 19.9. The van der Waals surface area contributed by atoms with Crippen LogP contribution in [0.2, 0.25) is 0 Å². The second-order valence-electron chi connectivity index (χ2n) is 11.0. The predicted octanol–water partition coefficient (Wildman–Crippen LogP) is 4.19. The molecule has 206 valence electrons. The van der Waals surface area contributed by atoms with Crippen LogP contribution in [0.4, 0.5) is 14.6 Å². The van der Waals surface area contributed by atoms with Crippen molar-refractivity contribution in [3.05, 3.63) is 118 Å². The van der Waals surface area contributed by atoms with Crippen molar-refractivity contribution in [2.45, 2.75) is 49.1 Å². The average molecular weight is 553 g/mol. The Kier molecular flexibility index (Phi) is 5.90. The highest BCUT2D eigenvalue weighted by molar-refractivity contribution is 6.06. The lowest BCUT2D eigenvalue weighted by Crippen LogP contribution is -2.35. The maximum atomic E-state index is 14.8. The van der Waals surface area contributed by atoms with Crippen LogP contribution in [0.3, 0.4) is 0 Å². The molecule has 0 bridgehead atoms. The summed E-state index contributed by atoms with van der Waals surface area (Å²) in [7, 11) is 0. The Morgan fingerprint density at radius 1 is 1.00 bits per heavy atom. The third-order valence-corrected chi connectivity index (χ3v) is 8.72. The van der Waals surface area contributed by atoms with Crippen LogP contribution in [0.5, 0.6) is 0 Å². The lowest BCUT2D eigenvalue weighted by Gasteiger charge is -2.23. The van der Waals surface area contributed by atoms with Gasteiger partial charge in [0.1, 0.15) is 5.82 Å². The van der Waals surface area contributed by atoms with E-state index < -0.39 is 35.1 Å². The van der Waals surface area contributed by atoms with Gasteiger partial charge in [-0.3, -0.25) is 19.6 Å². The molecule has 1 aromatic carbocycles. The van der Waals surface area contributed by atoms with Gasteiger partial charge in [0.15, 0.2) is 11.6 Å². The smallest absolute Gasteiger partial charge is 0.253 e. The van der Waals surface area contributed by atoms with Crippen molar-refractivity contribution in [2.24, 2.45) is 5.73 Å². The molecule has 0 fully saturated rings. The summed E-state index contributed by atoms with van der Waals surface area (Å²) in [6.07, 6.45) is 6.49. The number of anilines is 1. The summed E-state index contributed by atoms with van der Waals surface area (Å²) in [5.41, 5.74) is 10.2. The summed E-state index contributed by atoms with van der Waals surface area (Å²) >= 11 is 0. The Hall–Kier alpha value is -4.57. The Balaban J connectivity index is 1.15. The summed E-state index contributed by atoms with van der Waals surface area (Å²) in [5, 5.41) is 5.95. The van der Waals surface area contributed by atoms with Gasteiger partial charge >= 0.3 is 0 Å². The first-order valence-electron chi connectivity index (χ1n) is 13.6. The maximum Gasteiger partial charge on any atom is 0.253 e. The van der Waals surface area contributed by atoms with Crippen molar-refractivity contribution in [1.29, 1.82) is 0 Å². The average Bonchev–Trinajstić information content (AvgIpc) is 3.46. The number of nitrogens with two attached hydrogens (primary N) is 1. The van der Waals surface area contributed by atoms with Gasteiger partial charge in [-0.2, -0.15) is 0 Å². The number of pyridine rings is 3. The number of carbonyl (C=O) groups is 2. The summed E-state index contributed by atoms with van der Waals surface area (Å²) in [4.78, 5) is 40.0. The molecule has 8 nitrogen and oxygen atoms in total. The molecular weight excluding hydrogens is 526 g/mol. The second kappa shape index (κ2) is 9.52. The van der Waals surface area contributed by atoms with Gasteiger partial charge in [-0.15, -0.1) is 0 Å². The first kappa shape index (κ1) is 25.4. The van der Waals surface area contributed by atoms with Gasteiger partial charge in [0.25, 0.3) is 5.91 Å². The maximum absolute atomic E-state index is 14.8. The summed E-state index contributed by atoms with van der Waals surface area (Å²) < 4.78 is 28.8. The Morgan fingerprint density at radius 3 is 2.68 bits per heavy atom. The number of nitrogens with zero attached hydrogens (tertiary/aromatic N) is 3. The zero-order valence-corrected chi connectivity index (χ0v) is 21.9. The minimum atomic E-state index is -0.920. The van der Waals surface area contributed by atoms with Gasteiger partial charge in [0.2, 0.25) is 5.91 Å². The highest BCUT2D eigenvalue weighted by Gasteiger charge is 2.51. The SMILES string of the molecule is N[C@H]1c2cccnc2[C@@H](NC(=O)c2cnc3c(c2)C[C@@]2(C3)C(=O)Nc3ncccc32)CC[C@H]1c1cccc(F)c1F. The topological polar surface area (TPSA) is 123 Å². The van der Waals surface area contributed by atoms with E-state index in [1.54, 1.807) is 30.6 Å². The zero-order valence-electron chi connectivity index (χ0n) is 21.9. The van der Waals surface area contributed by atoms with Crippen molar-refractivity contribution in [3.63, 3.8) is 0 Å². The van der Waals surface area contributed by atoms with Gasteiger partial charge in [-0.25, -0.2) is 13.8 Å². The lowest BCUT2D eigenvalue weighted by atomic mass is 9.80. The fraction of sp³-hybridized carbons (Fsp3) is 0.258. The fourth-order valence-electron chi connectivity index (χ4n) is 6.66. The normalized spacial score (nSPS) is 24.3. The molecular formula is C31H26F2N6O2. The molecule has 10 heteroatoms. The van der Waals surface area contributed by atoms with E-state index in [-0.39, 0.29) is 17.4 Å². The van der Waals surface area contributed by atoms with Crippen molar-refractivity contribution in [1.82, 2.24) is 20.3 Å². The summed E-state index contributed by atoms with van der Waals surface area (Å²) in [5.74, 6) is -2.21. The highest BCUT2D eigenvalue weighted by atomic mass is 19.2. The first-order valence-corrected chi connectivity index (χ1v) is 13.6. The van der Waals surface area contributed by atoms with Crippen molar-refractivity contribution >= 4 is 17.6 Å². The van der Waals surface area contributed by atoms with Crippen LogP contribution in [0, 0.1) is 11.6 Å². The molecule has 4 N–H and O–H groups in total. The standard InChI is InChI=1S/C31H26F2N6O2/c32-22-7-1-4-18(25(22)33)19-8-9-23(27-20(26(19)34)5-2-10-35-27)38-29(40)17-12-16-13-31(14-24(16)37-15-17)21-6-3-11-36-28(21)39-30(31)41/h1-7,10-12,15,19,23,26H,8-9,13-14,34H2,(H,38,40)(H,36,39,41)/t19-,23-,26+,31-/m0/s1. The minimum absolute atomic E-state index is 0.114. The number of nitrogens with one attached hydrogen (secondary N) is 2. The largest absolute Gasteiger partial charge is 0.344 e. The zero-order chi connectivity index (χ0) is 28.3. The highest BCUT2D eigenvalue weighted by Crippen LogP contribution is 2.46. The number of rotatable bonds is 3. The molecule has 4 aromatic rings. The van der Waals surface area contributed by atoms with Gasteiger partial charge in [0.05, 0.1) is 22.7 Å². The molecule has 4 atom stereocenters. The number of benzene rings is 1. The van der Waals surface area contributed by atoms with E-state index in [1.807, 2.05) is 18.2 Å². The second-order valence-corrected chi connectivity index (χ2v) is 11.0. The number of amides is 2. The van der Waals surface area contributed by atoms with E-state index in [1.165, 1.54) is 12.3 Å². The fourth-order valence-corrected chi connectivity index (χ4v) is 6.66. The lowest BCUT2D eigenvalue weighted by molar-refractivity contribution is -0.120. The third kappa shape index (κ3) is 4.01. The molecule has 0 saturated heterocycles. The molecule has 3 aliphatic rings. The van der Waals surface area contributed by atoms with Crippen molar-refractivity contribution < 1.29 is 18.4 Å². The number of hydrogen-bond acceptors (Lipinski definition) is 6. The van der Waals surface area contributed by atoms with E-state index in [0.717, 1.165) is 22.9 Å². The van der Waals surface area contributed by atoms with Crippen molar-refractivity contribution in [2.75, 3.05) is 5.32 Å². The van der Waals surface area contributed by atoms with E-state index in [4.69, 9.17) is 5.73 Å². The van der Waals surface area contributed by atoms with E-state index in [9.17, 15) is 18.4 Å². The molecule has 1 aliphatic heterocycles. The Bertz CT molecular complexity index is 1730. The molecule has 7 rings (SSSR count). The molecule has 4 heterocycles. The van der Waals surface area contributed by atoms with E-state index in [2.05, 4.69) is 25.6 Å². The molecule has 41 heavy (non-hydrogen) atoms. The molecule has 3 aromatic heterocycles. The molecule has 1 spiro atoms. The molecule has 0 saturated carbocycles. The number of hydrogen-bond donors (Lipinski definition) is 3. The van der Waals surface area contributed by atoms with E-state index >= 15 is 0 Å². The van der Waals surface area contributed by atoms with Crippen LogP contribution in [-0.4, -0.2) is 26.8 Å². The number of carbonyl (C=O) groups excluding carboxylic acids is 2. The van der Waals surface area contributed by atoms with Gasteiger partial charge in [-0.1, -0.05) is 24.3 Å². The Morgan fingerprint density at radius 2 is 1.80 bits per heavy atom. The van der Waals surface area contributed by atoms with Crippen LogP contribution in [0.25, 0.3) is 0 Å². The van der Waals surface area contributed by atoms with E-state index in [0.29, 0.717) is 48.3 Å². The molecule has 2 amide bonds. The molecule has 0 radical (unpaired) electrons. The monoisotopic (exact) mass is 552 g/mol. The predicted molar refractivity (Wildman–Crippen MR) is 146 cm³/mol. The van der Waals surface area contributed by atoms with Gasteiger partial charge in [-0.05, 0) is 60.2 Å². The number of halogens is 2. The van der Waals surface area contributed by atoms with Crippen LogP contribution in [0.15, 0.2) is 67.1 Å². The van der Waals surface area contributed by atoms with Gasteiger partial charge in [0, 0.05) is 48.2 Å². The van der Waals surface area contributed by atoms with Crippen molar-refractivity contribution in [3.8, 4) is 0 Å². The van der Waals surface area contributed by atoms with Gasteiger partial charge < -0.3 is 16.4 Å². The minimum Gasteiger partial charge on any atom is -0.344 e. The van der Waals surface area contributed by atoms with Crippen LogP contribution >= 0.6 is 0 Å². The third-order valence-electron chi connectivity index (χ3n) is 8.72. The Labute approximate surface area is 234 Å². The number of fused-ring (bicyclic) bond motifs is 4. The van der Waals surface area contributed by atoms with Crippen LogP contribution < -0.4 is 16.4 Å². The quantitative estimate of drug-likeness (QED) is 0.328. The van der Waals surface area contributed by atoms with Crippen LogP contribution in [0.1, 0.15) is 74.8 Å². The number of aromatic nitrogens is 3.